The van der Waals surface area contributed by atoms with Gasteiger partial charge in [0, 0.05) is 36.8 Å². The van der Waals surface area contributed by atoms with Crippen LogP contribution in [0.1, 0.15) is 24.2 Å². The largest absolute Gasteiger partial charge is 0.508 e. The van der Waals surface area contributed by atoms with Crippen LogP contribution in [0.4, 0.5) is 5.69 Å². The monoisotopic (exact) mass is 376 g/mol. The van der Waals surface area contributed by atoms with Crippen molar-refractivity contribution in [2.24, 2.45) is 5.73 Å². The Morgan fingerprint density at radius 1 is 1.07 bits per heavy atom. The fourth-order valence-electron chi connectivity index (χ4n) is 2.90. The molecule has 3 aromatic rings. The van der Waals surface area contributed by atoms with Crippen LogP contribution in [0.5, 0.6) is 5.75 Å². The molecule has 6 heteroatoms. The van der Waals surface area contributed by atoms with Gasteiger partial charge in [-0.1, -0.05) is 24.3 Å². The zero-order chi connectivity index (χ0) is 19.8. The number of carbonyl (C=O) groups excluding carboxylic acids is 1. The molecule has 0 aliphatic heterocycles. The fraction of sp³-hybridized carbons (Fsp3) is 0.227. The van der Waals surface area contributed by atoms with Crippen molar-refractivity contribution in [3.63, 3.8) is 0 Å². The fourth-order valence-corrected chi connectivity index (χ4v) is 2.90. The highest BCUT2D eigenvalue weighted by Crippen LogP contribution is 2.21. The van der Waals surface area contributed by atoms with Gasteiger partial charge in [0.05, 0.1) is 5.69 Å². The van der Waals surface area contributed by atoms with E-state index in [9.17, 15) is 9.90 Å². The standard InChI is InChI=1S/C22H24N4O2/c23-13-11-22(28)25-18-5-2-4-17(15-18)20-12-14-24-21(26-20)6-1-3-16-7-9-19(27)10-8-16/h2,4-5,7-10,12,14-15,27H,1,3,6,11,13,23H2,(H,25,28). The summed E-state index contributed by atoms with van der Waals surface area (Å²) in [4.78, 5) is 20.8. The minimum atomic E-state index is -0.0998. The molecular weight excluding hydrogens is 352 g/mol. The molecule has 0 atom stereocenters. The highest BCUT2D eigenvalue weighted by molar-refractivity contribution is 5.91. The zero-order valence-electron chi connectivity index (χ0n) is 15.6. The molecule has 3 rings (SSSR count). The maximum atomic E-state index is 11.7. The number of phenols is 1. The van der Waals surface area contributed by atoms with Crippen LogP contribution in [0.25, 0.3) is 11.3 Å². The van der Waals surface area contributed by atoms with Crippen molar-refractivity contribution in [1.82, 2.24) is 9.97 Å². The summed E-state index contributed by atoms with van der Waals surface area (Å²) >= 11 is 0. The Kier molecular flexibility index (Phi) is 6.70. The molecule has 6 nitrogen and oxygen atoms in total. The van der Waals surface area contributed by atoms with Gasteiger partial charge in [-0.25, -0.2) is 9.97 Å². The summed E-state index contributed by atoms with van der Waals surface area (Å²) in [7, 11) is 0. The molecule has 1 heterocycles. The molecule has 0 aliphatic carbocycles. The van der Waals surface area contributed by atoms with Crippen LogP contribution in [-0.2, 0) is 17.6 Å². The van der Waals surface area contributed by atoms with Crippen molar-refractivity contribution in [2.75, 3.05) is 11.9 Å². The molecule has 144 valence electrons. The third kappa shape index (κ3) is 5.62. The van der Waals surface area contributed by atoms with E-state index < -0.39 is 0 Å². The number of aryl methyl sites for hydroxylation is 2. The molecule has 4 N–H and O–H groups in total. The van der Waals surface area contributed by atoms with E-state index in [0.717, 1.165) is 42.0 Å². The van der Waals surface area contributed by atoms with Crippen molar-refractivity contribution in [3.05, 3.63) is 72.2 Å². The first-order chi connectivity index (χ1) is 13.6. The summed E-state index contributed by atoms with van der Waals surface area (Å²) in [5.41, 5.74) is 9.06. The van der Waals surface area contributed by atoms with Crippen molar-refractivity contribution in [3.8, 4) is 17.0 Å². The number of rotatable bonds is 8. The number of benzene rings is 2. The second-order valence-electron chi connectivity index (χ2n) is 6.55. The van der Waals surface area contributed by atoms with Crippen LogP contribution in [0.15, 0.2) is 60.8 Å². The van der Waals surface area contributed by atoms with E-state index >= 15 is 0 Å². The molecule has 1 aromatic heterocycles. The first-order valence-electron chi connectivity index (χ1n) is 9.34. The topological polar surface area (TPSA) is 101 Å². The third-order valence-electron chi connectivity index (χ3n) is 4.32. The highest BCUT2D eigenvalue weighted by atomic mass is 16.3. The minimum Gasteiger partial charge on any atom is -0.508 e. The quantitative estimate of drug-likeness (QED) is 0.560. The second-order valence-corrected chi connectivity index (χ2v) is 6.55. The molecule has 1 amide bonds. The first kappa shape index (κ1) is 19.5. The summed E-state index contributed by atoms with van der Waals surface area (Å²) in [6.07, 6.45) is 4.64. The maximum absolute atomic E-state index is 11.7. The lowest BCUT2D eigenvalue weighted by molar-refractivity contribution is -0.116. The van der Waals surface area contributed by atoms with Crippen LogP contribution in [0.3, 0.4) is 0 Å². The van der Waals surface area contributed by atoms with Crippen molar-refractivity contribution in [1.29, 1.82) is 0 Å². The summed E-state index contributed by atoms with van der Waals surface area (Å²) in [6, 6.07) is 16.7. The number of aromatic hydroxyl groups is 1. The lowest BCUT2D eigenvalue weighted by atomic mass is 10.1. The SMILES string of the molecule is NCCC(=O)Nc1cccc(-c2ccnc(CCCc3ccc(O)cc3)n2)c1. The molecule has 0 spiro atoms. The molecule has 0 aliphatic rings. The number of hydrogen-bond acceptors (Lipinski definition) is 5. The summed E-state index contributed by atoms with van der Waals surface area (Å²) < 4.78 is 0. The van der Waals surface area contributed by atoms with E-state index in [2.05, 4.69) is 15.3 Å². The number of carbonyl (C=O) groups is 1. The molecule has 0 unspecified atom stereocenters. The Balaban J connectivity index is 1.64. The Morgan fingerprint density at radius 2 is 1.89 bits per heavy atom. The number of amides is 1. The van der Waals surface area contributed by atoms with Crippen LogP contribution < -0.4 is 11.1 Å². The number of nitrogens with one attached hydrogen (secondary N) is 1. The van der Waals surface area contributed by atoms with Crippen LogP contribution in [0.2, 0.25) is 0 Å². The number of nitrogens with two attached hydrogens (primary N) is 1. The number of anilines is 1. The average Bonchev–Trinajstić information content (AvgIpc) is 2.70. The molecule has 28 heavy (non-hydrogen) atoms. The molecule has 0 saturated carbocycles. The normalized spacial score (nSPS) is 10.6. The Morgan fingerprint density at radius 3 is 2.68 bits per heavy atom. The lowest BCUT2D eigenvalue weighted by Gasteiger charge is -2.08. The Hall–Kier alpha value is -3.25. The van der Waals surface area contributed by atoms with Crippen molar-refractivity contribution in [2.45, 2.75) is 25.7 Å². The van der Waals surface area contributed by atoms with Crippen LogP contribution in [-0.4, -0.2) is 27.5 Å². The van der Waals surface area contributed by atoms with Gasteiger partial charge in [0.1, 0.15) is 11.6 Å². The predicted molar refractivity (Wildman–Crippen MR) is 110 cm³/mol. The molecular formula is C22H24N4O2. The molecule has 2 aromatic carbocycles. The second kappa shape index (κ2) is 9.62. The van der Waals surface area contributed by atoms with Gasteiger partial charge in [0.2, 0.25) is 5.91 Å². The van der Waals surface area contributed by atoms with E-state index in [1.807, 2.05) is 42.5 Å². The maximum Gasteiger partial charge on any atom is 0.225 e. The van der Waals surface area contributed by atoms with Gasteiger partial charge in [-0.2, -0.15) is 0 Å². The third-order valence-corrected chi connectivity index (χ3v) is 4.32. The van der Waals surface area contributed by atoms with Gasteiger partial charge in [-0.15, -0.1) is 0 Å². The van der Waals surface area contributed by atoms with Crippen molar-refractivity contribution >= 4 is 11.6 Å². The lowest BCUT2D eigenvalue weighted by Crippen LogP contribution is -2.16. The van der Waals surface area contributed by atoms with E-state index in [0.29, 0.717) is 13.0 Å². The summed E-state index contributed by atoms with van der Waals surface area (Å²) in [5.74, 6) is 0.965. The van der Waals surface area contributed by atoms with Gasteiger partial charge in [-0.3, -0.25) is 4.79 Å². The molecule has 0 saturated heterocycles. The van der Waals surface area contributed by atoms with Crippen LogP contribution >= 0.6 is 0 Å². The minimum absolute atomic E-state index is 0.0998. The highest BCUT2D eigenvalue weighted by Gasteiger charge is 2.06. The van der Waals surface area contributed by atoms with E-state index in [1.165, 1.54) is 5.56 Å². The number of aromatic nitrogens is 2. The van der Waals surface area contributed by atoms with Gasteiger partial charge in [0.15, 0.2) is 0 Å². The average molecular weight is 376 g/mol. The number of nitrogens with zero attached hydrogens (tertiary/aromatic N) is 2. The van der Waals surface area contributed by atoms with Crippen molar-refractivity contribution < 1.29 is 9.90 Å². The molecule has 0 bridgehead atoms. The van der Waals surface area contributed by atoms with E-state index in [-0.39, 0.29) is 11.7 Å². The van der Waals surface area contributed by atoms with Gasteiger partial charge in [0.25, 0.3) is 0 Å². The van der Waals surface area contributed by atoms with Gasteiger partial charge < -0.3 is 16.2 Å². The summed E-state index contributed by atoms with van der Waals surface area (Å²) in [5, 5.41) is 12.2. The van der Waals surface area contributed by atoms with Gasteiger partial charge in [-0.05, 0) is 48.7 Å². The smallest absolute Gasteiger partial charge is 0.225 e. The Labute approximate surface area is 164 Å². The van der Waals surface area contributed by atoms with Crippen LogP contribution in [0, 0.1) is 0 Å². The molecule has 0 radical (unpaired) electrons. The summed E-state index contributed by atoms with van der Waals surface area (Å²) in [6.45, 7) is 0.324. The first-order valence-corrected chi connectivity index (χ1v) is 9.34. The Bertz CT molecular complexity index is 926. The van der Waals surface area contributed by atoms with E-state index in [4.69, 9.17) is 5.73 Å². The number of phenolic OH excluding ortho intramolecular Hbond substituents is 1. The molecule has 0 fully saturated rings. The van der Waals surface area contributed by atoms with E-state index in [1.54, 1.807) is 18.3 Å². The van der Waals surface area contributed by atoms with Gasteiger partial charge >= 0.3 is 0 Å². The zero-order valence-corrected chi connectivity index (χ0v) is 15.6. The number of hydrogen-bond donors (Lipinski definition) is 3. The predicted octanol–water partition coefficient (Wildman–Crippen LogP) is 3.31.